The first-order valence-corrected chi connectivity index (χ1v) is 11.4. The number of hydrogen-bond donors (Lipinski definition) is 1. The molecule has 0 spiro atoms. The van der Waals surface area contributed by atoms with Crippen molar-refractivity contribution >= 4 is 43.4 Å². The molecule has 0 unspecified atom stereocenters. The Morgan fingerprint density at radius 3 is 2.41 bits per heavy atom. The van der Waals surface area contributed by atoms with Gasteiger partial charge in [-0.15, -0.1) is 0 Å². The van der Waals surface area contributed by atoms with Gasteiger partial charge in [0.2, 0.25) is 0 Å². The molecule has 166 valence electrons. The number of aryl methyl sites for hydroxylation is 2. The summed E-state index contributed by atoms with van der Waals surface area (Å²) in [6.45, 7) is 3.65. The molecule has 0 saturated heterocycles. The van der Waals surface area contributed by atoms with Gasteiger partial charge in [-0.3, -0.25) is 4.72 Å². The van der Waals surface area contributed by atoms with E-state index in [9.17, 15) is 13.2 Å². The number of benzene rings is 3. The molecule has 3 aromatic carbocycles. The van der Waals surface area contributed by atoms with Gasteiger partial charge in [0.05, 0.1) is 17.7 Å². The molecule has 4 aromatic rings. The quantitative estimate of drug-likeness (QED) is 0.416. The number of fused-ring (bicyclic) bond motifs is 3. The van der Waals surface area contributed by atoms with E-state index >= 15 is 0 Å². The van der Waals surface area contributed by atoms with Crippen molar-refractivity contribution in [2.75, 3.05) is 18.9 Å². The van der Waals surface area contributed by atoms with Crippen molar-refractivity contribution < 1.29 is 27.1 Å². The van der Waals surface area contributed by atoms with Crippen molar-refractivity contribution in [1.29, 1.82) is 0 Å². The van der Waals surface area contributed by atoms with Crippen molar-refractivity contribution in [2.24, 2.45) is 0 Å². The van der Waals surface area contributed by atoms with Gasteiger partial charge in [-0.05, 0) is 37.1 Å². The van der Waals surface area contributed by atoms with Crippen LogP contribution in [0, 0.1) is 13.8 Å². The molecule has 0 bridgehead atoms. The van der Waals surface area contributed by atoms with Gasteiger partial charge < -0.3 is 13.9 Å². The van der Waals surface area contributed by atoms with E-state index in [0.717, 1.165) is 5.56 Å². The molecule has 4 rings (SSSR count). The van der Waals surface area contributed by atoms with Gasteiger partial charge in [-0.25, -0.2) is 13.2 Å². The second-order valence-electron chi connectivity index (χ2n) is 7.55. The number of ether oxygens (including phenoxy) is 2. The van der Waals surface area contributed by atoms with Gasteiger partial charge in [0.25, 0.3) is 10.0 Å². The third-order valence-corrected chi connectivity index (χ3v) is 6.82. The van der Waals surface area contributed by atoms with Crippen molar-refractivity contribution in [2.45, 2.75) is 25.3 Å². The number of hydrogen-bond acceptors (Lipinski definition) is 6. The number of furan rings is 1. The fourth-order valence-electron chi connectivity index (χ4n) is 3.81. The van der Waals surface area contributed by atoms with Crippen LogP contribution < -0.4 is 4.72 Å². The van der Waals surface area contributed by atoms with Crippen LogP contribution in [0.4, 0.5) is 5.69 Å². The lowest BCUT2D eigenvalue weighted by molar-refractivity contribution is 0.0594. The molecular weight excluding hydrogens is 430 g/mol. The van der Waals surface area contributed by atoms with Crippen LogP contribution in [0.2, 0.25) is 0 Å². The summed E-state index contributed by atoms with van der Waals surface area (Å²) < 4.78 is 45.4. The minimum atomic E-state index is -3.89. The number of carbonyl (C=O) groups is 1. The third kappa shape index (κ3) is 3.72. The number of rotatable bonds is 6. The minimum absolute atomic E-state index is 0.0665. The maximum atomic E-state index is 13.3. The molecular formula is C24H23NO6S. The predicted octanol–water partition coefficient (Wildman–Crippen LogP) is 4.94. The number of nitrogens with one attached hydrogen (secondary N) is 1. The maximum absolute atomic E-state index is 13.3. The van der Waals surface area contributed by atoms with Crippen LogP contribution in [-0.2, 0) is 26.1 Å². The van der Waals surface area contributed by atoms with Crippen LogP contribution >= 0.6 is 0 Å². The topological polar surface area (TPSA) is 94.8 Å². The number of sulfonamides is 1. The van der Waals surface area contributed by atoms with E-state index in [1.54, 1.807) is 31.2 Å². The Bertz CT molecular complexity index is 1450. The lowest BCUT2D eigenvalue weighted by Gasteiger charge is -2.14. The summed E-state index contributed by atoms with van der Waals surface area (Å²) >= 11 is 0. The summed E-state index contributed by atoms with van der Waals surface area (Å²) in [5, 5.41) is 1.75. The molecule has 0 aliphatic carbocycles. The van der Waals surface area contributed by atoms with Crippen LogP contribution in [0.25, 0.3) is 21.7 Å². The van der Waals surface area contributed by atoms with Gasteiger partial charge in [-0.1, -0.05) is 36.4 Å². The van der Waals surface area contributed by atoms with Crippen LogP contribution in [0.15, 0.2) is 57.8 Å². The molecule has 1 heterocycles. The molecule has 0 radical (unpaired) electrons. The molecule has 32 heavy (non-hydrogen) atoms. The average Bonchev–Trinajstić information content (AvgIpc) is 3.13. The molecule has 0 saturated carbocycles. The molecule has 1 N–H and O–H groups in total. The predicted molar refractivity (Wildman–Crippen MR) is 122 cm³/mol. The minimum Gasteiger partial charge on any atom is -0.465 e. The van der Waals surface area contributed by atoms with E-state index in [-0.39, 0.29) is 17.1 Å². The summed E-state index contributed by atoms with van der Waals surface area (Å²) in [6, 6.07) is 14.1. The zero-order valence-electron chi connectivity index (χ0n) is 18.2. The summed E-state index contributed by atoms with van der Waals surface area (Å²) in [4.78, 5) is 12.7. The average molecular weight is 454 g/mol. The maximum Gasteiger partial charge on any atom is 0.342 e. The van der Waals surface area contributed by atoms with Gasteiger partial charge in [0.15, 0.2) is 0 Å². The van der Waals surface area contributed by atoms with E-state index in [0.29, 0.717) is 38.8 Å². The zero-order valence-corrected chi connectivity index (χ0v) is 19.0. The fourth-order valence-corrected chi connectivity index (χ4v) is 5.21. The molecule has 1 aromatic heterocycles. The lowest BCUT2D eigenvalue weighted by atomic mass is 10.0. The smallest absolute Gasteiger partial charge is 0.342 e. The van der Waals surface area contributed by atoms with Crippen molar-refractivity contribution in [3.63, 3.8) is 0 Å². The highest BCUT2D eigenvalue weighted by molar-refractivity contribution is 7.92. The highest BCUT2D eigenvalue weighted by Gasteiger charge is 2.25. The number of methoxy groups -OCH3 is 2. The lowest BCUT2D eigenvalue weighted by Crippen LogP contribution is -2.15. The summed E-state index contributed by atoms with van der Waals surface area (Å²) in [7, 11) is -1.11. The first-order valence-electron chi connectivity index (χ1n) is 9.91. The Morgan fingerprint density at radius 2 is 1.72 bits per heavy atom. The Morgan fingerprint density at radius 1 is 1.00 bits per heavy atom. The monoisotopic (exact) mass is 453 g/mol. The molecule has 7 nitrogen and oxygen atoms in total. The Balaban J connectivity index is 1.98. The van der Waals surface area contributed by atoms with E-state index in [2.05, 4.69) is 4.72 Å². The Kier molecular flexibility index (Phi) is 5.66. The van der Waals surface area contributed by atoms with E-state index in [1.807, 2.05) is 31.2 Å². The third-order valence-electron chi connectivity index (χ3n) is 5.31. The van der Waals surface area contributed by atoms with Crippen LogP contribution in [0.1, 0.15) is 27.2 Å². The zero-order chi connectivity index (χ0) is 23.0. The van der Waals surface area contributed by atoms with Crippen molar-refractivity contribution in [3.05, 3.63) is 71.0 Å². The number of carbonyl (C=O) groups excluding carboxylic acids is 1. The first-order chi connectivity index (χ1) is 15.3. The molecule has 8 heteroatoms. The standard InChI is InChI=1S/C24H23NO6S/c1-14-9-10-15(2)21(11-14)32(27,28)25-19-12-18-22(24(26)30-4)20(13-29-3)31-23(18)17-8-6-5-7-16(17)19/h5-12,25H,13H2,1-4H3. The molecule has 0 atom stereocenters. The van der Waals surface area contributed by atoms with Crippen molar-refractivity contribution in [3.8, 4) is 0 Å². The summed E-state index contributed by atoms with van der Waals surface area (Å²) in [5.74, 6) is -0.275. The Hall–Kier alpha value is -3.36. The summed E-state index contributed by atoms with van der Waals surface area (Å²) in [6.07, 6.45) is 0. The molecule has 0 fully saturated rings. The van der Waals surface area contributed by atoms with Gasteiger partial charge >= 0.3 is 5.97 Å². The second-order valence-corrected chi connectivity index (χ2v) is 9.20. The Labute approximate surface area is 186 Å². The number of anilines is 1. The number of esters is 1. The van der Waals surface area contributed by atoms with Crippen LogP contribution in [0.5, 0.6) is 0 Å². The first kappa shape index (κ1) is 21.9. The van der Waals surface area contributed by atoms with Crippen molar-refractivity contribution in [1.82, 2.24) is 0 Å². The van der Waals surface area contributed by atoms with Gasteiger partial charge in [-0.2, -0.15) is 0 Å². The highest BCUT2D eigenvalue weighted by Crippen LogP contribution is 2.38. The molecule has 0 aliphatic rings. The largest absolute Gasteiger partial charge is 0.465 e. The van der Waals surface area contributed by atoms with Crippen LogP contribution in [-0.4, -0.2) is 28.6 Å². The molecule has 0 amide bonds. The van der Waals surface area contributed by atoms with Crippen LogP contribution in [0.3, 0.4) is 0 Å². The van der Waals surface area contributed by atoms with E-state index in [4.69, 9.17) is 13.9 Å². The van der Waals surface area contributed by atoms with E-state index in [1.165, 1.54) is 14.2 Å². The summed E-state index contributed by atoms with van der Waals surface area (Å²) in [5.41, 5.74) is 2.48. The molecule has 0 aliphatic heterocycles. The highest BCUT2D eigenvalue weighted by atomic mass is 32.2. The SMILES string of the molecule is COCc1oc2c(cc(NS(=O)(=O)c3cc(C)ccc3C)c3ccccc32)c1C(=O)OC. The van der Waals surface area contributed by atoms with Gasteiger partial charge in [0.1, 0.15) is 23.5 Å². The fraction of sp³-hybridized carbons (Fsp3) is 0.208. The normalized spacial score (nSPS) is 11.8. The van der Waals surface area contributed by atoms with Gasteiger partial charge in [0, 0.05) is 23.3 Å². The second kappa shape index (κ2) is 8.29. The van der Waals surface area contributed by atoms with E-state index < -0.39 is 16.0 Å².